The van der Waals surface area contributed by atoms with E-state index in [9.17, 15) is 9.90 Å². The first kappa shape index (κ1) is 18.9. The van der Waals surface area contributed by atoms with Crippen molar-refractivity contribution >= 4 is 5.91 Å². The smallest absolute Gasteiger partial charge is 0.273 e. The molecule has 0 aliphatic carbocycles. The van der Waals surface area contributed by atoms with Gasteiger partial charge in [-0.05, 0) is 57.5 Å². The van der Waals surface area contributed by atoms with Crippen LogP contribution in [0.5, 0.6) is 0 Å². The molecule has 1 aromatic heterocycles. The van der Waals surface area contributed by atoms with Crippen molar-refractivity contribution in [2.45, 2.75) is 58.9 Å². The first-order chi connectivity index (χ1) is 11.6. The van der Waals surface area contributed by atoms with E-state index in [0.29, 0.717) is 24.7 Å². The fourth-order valence-electron chi connectivity index (χ4n) is 3.48. The number of carbonyl (C=O) groups excluding carboxylic acids is 1. The van der Waals surface area contributed by atoms with Crippen LogP contribution in [0.25, 0.3) is 0 Å². The molecule has 1 aliphatic rings. The highest BCUT2D eigenvalue weighted by atomic mass is 16.3. The number of rotatable bonds is 8. The Morgan fingerprint density at radius 3 is 2.62 bits per heavy atom. The summed E-state index contributed by atoms with van der Waals surface area (Å²) in [5, 5.41) is 24.0. The molecule has 136 valence electrons. The van der Waals surface area contributed by atoms with Crippen molar-refractivity contribution in [3.05, 3.63) is 11.4 Å². The lowest BCUT2D eigenvalue weighted by atomic mass is 9.79. The quantitative estimate of drug-likeness (QED) is 0.667. The number of hydrogen-bond donors (Lipinski definition) is 3. The zero-order valence-electron chi connectivity index (χ0n) is 15.1. The Balaban J connectivity index is 2.03. The second kappa shape index (κ2) is 8.58. The Hall–Kier alpha value is -1.47. The van der Waals surface area contributed by atoms with Crippen molar-refractivity contribution in [2.24, 2.45) is 5.41 Å². The number of aromatic nitrogens is 3. The van der Waals surface area contributed by atoms with Crippen molar-refractivity contribution in [3.63, 3.8) is 0 Å². The normalized spacial score (nSPS) is 16.3. The summed E-state index contributed by atoms with van der Waals surface area (Å²) in [6, 6.07) is 0.320. The zero-order valence-corrected chi connectivity index (χ0v) is 15.1. The summed E-state index contributed by atoms with van der Waals surface area (Å²) in [6.07, 6.45) is 4.56. The van der Waals surface area contributed by atoms with E-state index in [4.69, 9.17) is 0 Å². The molecule has 0 atom stereocenters. The van der Waals surface area contributed by atoms with Crippen LogP contribution in [0.2, 0.25) is 0 Å². The van der Waals surface area contributed by atoms with Crippen LogP contribution in [0.4, 0.5) is 0 Å². The second-order valence-corrected chi connectivity index (χ2v) is 6.81. The van der Waals surface area contributed by atoms with E-state index in [2.05, 4.69) is 34.8 Å². The van der Waals surface area contributed by atoms with Crippen LogP contribution in [-0.4, -0.2) is 52.2 Å². The van der Waals surface area contributed by atoms with E-state index in [1.165, 1.54) is 0 Å². The molecule has 7 nitrogen and oxygen atoms in total. The first-order valence-corrected chi connectivity index (χ1v) is 9.08. The summed E-state index contributed by atoms with van der Waals surface area (Å²) in [7, 11) is 0. The van der Waals surface area contributed by atoms with Gasteiger partial charge >= 0.3 is 0 Å². The molecule has 1 aromatic rings. The Morgan fingerprint density at radius 1 is 1.38 bits per heavy atom. The lowest BCUT2D eigenvalue weighted by molar-refractivity contribution is 0.0901. The molecular weight excluding hydrogens is 306 g/mol. The Kier molecular flexibility index (Phi) is 6.74. The molecular formula is C17H31N5O2. The zero-order chi connectivity index (χ0) is 17.6. The monoisotopic (exact) mass is 337 g/mol. The van der Waals surface area contributed by atoms with Gasteiger partial charge in [-0.15, -0.1) is 5.10 Å². The maximum Gasteiger partial charge on any atom is 0.273 e. The van der Waals surface area contributed by atoms with Gasteiger partial charge in [0.05, 0.1) is 11.7 Å². The van der Waals surface area contributed by atoms with Crippen LogP contribution in [0.1, 0.15) is 68.2 Å². The summed E-state index contributed by atoms with van der Waals surface area (Å²) < 4.78 is 1.90. The molecule has 24 heavy (non-hydrogen) atoms. The van der Waals surface area contributed by atoms with Crippen molar-refractivity contribution < 1.29 is 9.90 Å². The minimum atomic E-state index is -0.170. The third kappa shape index (κ3) is 4.13. The molecule has 1 aliphatic heterocycles. The molecule has 0 saturated carbocycles. The third-order valence-corrected chi connectivity index (χ3v) is 5.56. The van der Waals surface area contributed by atoms with Gasteiger partial charge in [-0.25, -0.2) is 4.68 Å². The SMILES string of the molecule is CCC(CC)(CCO)CNC(=O)c1nnn(C2CCNCC2)c1C. The molecule has 0 unspecified atom stereocenters. The van der Waals surface area contributed by atoms with E-state index in [1.54, 1.807) is 0 Å². The van der Waals surface area contributed by atoms with Crippen molar-refractivity contribution in [3.8, 4) is 0 Å². The Morgan fingerprint density at radius 2 is 2.04 bits per heavy atom. The molecule has 2 rings (SSSR count). The van der Waals surface area contributed by atoms with Gasteiger partial charge in [-0.1, -0.05) is 19.1 Å². The van der Waals surface area contributed by atoms with Crippen LogP contribution >= 0.6 is 0 Å². The minimum absolute atomic E-state index is 0.0522. The number of aliphatic hydroxyl groups excluding tert-OH is 1. The van der Waals surface area contributed by atoms with Crippen molar-refractivity contribution in [2.75, 3.05) is 26.2 Å². The average molecular weight is 337 g/mol. The molecule has 3 N–H and O–H groups in total. The number of nitrogens with zero attached hydrogens (tertiary/aromatic N) is 3. The van der Waals surface area contributed by atoms with E-state index in [-0.39, 0.29) is 17.9 Å². The molecule has 7 heteroatoms. The molecule has 1 amide bonds. The summed E-state index contributed by atoms with van der Waals surface area (Å²) in [5.74, 6) is -0.170. The molecule has 0 spiro atoms. The van der Waals surface area contributed by atoms with Gasteiger partial charge in [0, 0.05) is 13.2 Å². The summed E-state index contributed by atoms with van der Waals surface area (Å²) in [6.45, 7) is 8.76. The molecule has 0 aromatic carbocycles. The molecule has 0 bridgehead atoms. The first-order valence-electron chi connectivity index (χ1n) is 9.08. The summed E-state index contributed by atoms with van der Waals surface area (Å²) in [5.41, 5.74) is 1.20. The van der Waals surface area contributed by atoms with Gasteiger partial charge in [0.2, 0.25) is 0 Å². The Bertz CT molecular complexity index is 533. The number of hydrogen-bond acceptors (Lipinski definition) is 5. The van der Waals surface area contributed by atoms with Gasteiger partial charge in [0.25, 0.3) is 5.91 Å². The van der Waals surface area contributed by atoms with E-state index < -0.39 is 0 Å². The van der Waals surface area contributed by atoms with Gasteiger partial charge in [0.1, 0.15) is 0 Å². The van der Waals surface area contributed by atoms with Gasteiger partial charge in [-0.3, -0.25) is 4.79 Å². The summed E-state index contributed by atoms with van der Waals surface area (Å²) >= 11 is 0. The number of carbonyl (C=O) groups is 1. The van der Waals surface area contributed by atoms with E-state index in [0.717, 1.165) is 44.5 Å². The average Bonchev–Trinajstić information content (AvgIpc) is 3.01. The predicted octanol–water partition coefficient (Wildman–Crippen LogP) is 1.43. The number of nitrogens with one attached hydrogen (secondary N) is 2. The largest absolute Gasteiger partial charge is 0.396 e. The van der Waals surface area contributed by atoms with E-state index in [1.807, 2.05) is 11.6 Å². The number of amides is 1. The standard InChI is InChI=1S/C17H31N5O2/c1-4-17(5-2,8-11-23)12-19-16(24)15-13(3)22(21-20-15)14-6-9-18-10-7-14/h14,18,23H,4-12H2,1-3H3,(H,19,24). The minimum Gasteiger partial charge on any atom is -0.396 e. The van der Waals surface area contributed by atoms with Crippen LogP contribution in [-0.2, 0) is 0 Å². The highest BCUT2D eigenvalue weighted by molar-refractivity contribution is 5.93. The maximum absolute atomic E-state index is 12.5. The highest BCUT2D eigenvalue weighted by Gasteiger charge is 2.28. The fraction of sp³-hybridized carbons (Fsp3) is 0.824. The van der Waals surface area contributed by atoms with Gasteiger partial charge in [-0.2, -0.15) is 0 Å². The van der Waals surface area contributed by atoms with Crippen molar-refractivity contribution in [1.82, 2.24) is 25.6 Å². The third-order valence-electron chi connectivity index (χ3n) is 5.56. The van der Waals surface area contributed by atoms with Crippen LogP contribution in [0, 0.1) is 12.3 Å². The number of piperidine rings is 1. The Labute approximate surface area is 144 Å². The maximum atomic E-state index is 12.5. The predicted molar refractivity (Wildman–Crippen MR) is 93.0 cm³/mol. The molecule has 1 saturated heterocycles. The van der Waals surface area contributed by atoms with E-state index >= 15 is 0 Å². The molecule has 0 radical (unpaired) electrons. The van der Waals surface area contributed by atoms with Crippen LogP contribution in [0.15, 0.2) is 0 Å². The van der Waals surface area contributed by atoms with Crippen LogP contribution < -0.4 is 10.6 Å². The molecule has 2 heterocycles. The van der Waals surface area contributed by atoms with Gasteiger partial charge in [0.15, 0.2) is 5.69 Å². The second-order valence-electron chi connectivity index (χ2n) is 6.81. The summed E-state index contributed by atoms with van der Waals surface area (Å²) in [4.78, 5) is 12.5. The lowest BCUT2D eigenvalue weighted by Crippen LogP contribution is -2.38. The van der Waals surface area contributed by atoms with Crippen molar-refractivity contribution in [1.29, 1.82) is 0 Å². The lowest BCUT2D eigenvalue weighted by Gasteiger charge is -2.31. The fourth-order valence-corrected chi connectivity index (χ4v) is 3.48. The number of aliphatic hydroxyl groups is 1. The van der Waals surface area contributed by atoms with Crippen LogP contribution in [0.3, 0.4) is 0 Å². The highest BCUT2D eigenvalue weighted by Crippen LogP contribution is 2.29. The molecule has 1 fully saturated rings. The van der Waals surface area contributed by atoms with Gasteiger partial charge < -0.3 is 15.7 Å². The topological polar surface area (TPSA) is 92.1 Å².